The number of pyridine rings is 1. The molecule has 1 aliphatic rings. The predicted molar refractivity (Wildman–Crippen MR) is 60.9 cm³/mol. The number of nitrogens with one attached hydrogen (secondary N) is 1. The minimum absolute atomic E-state index is 0.277. The van der Waals surface area contributed by atoms with Crippen LogP contribution in [0.3, 0.4) is 0 Å². The van der Waals surface area contributed by atoms with Crippen LogP contribution in [0.2, 0.25) is 0 Å². The SMILES string of the molecule is NNC(c1cccnc1)C1CCCCC1. The maximum absolute atomic E-state index is 5.66. The fourth-order valence-electron chi connectivity index (χ4n) is 2.53. The van der Waals surface area contributed by atoms with Crippen molar-refractivity contribution in [1.82, 2.24) is 10.4 Å². The average Bonchev–Trinajstić information content (AvgIpc) is 2.33. The average molecular weight is 205 g/mol. The van der Waals surface area contributed by atoms with Crippen LogP contribution in [0.15, 0.2) is 24.5 Å². The number of hydrogen-bond acceptors (Lipinski definition) is 3. The zero-order valence-electron chi connectivity index (χ0n) is 9.02. The monoisotopic (exact) mass is 205 g/mol. The Balaban J connectivity index is 2.09. The Morgan fingerprint density at radius 2 is 2.13 bits per heavy atom. The van der Waals surface area contributed by atoms with Crippen LogP contribution in [0.5, 0.6) is 0 Å². The zero-order chi connectivity index (χ0) is 10.5. The molecule has 0 saturated heterocycles. The number of rotatable bonds is 3. The molecule has 82 valence electrons. The summed E-state index contributed by atoms with van der Waals surface area (Å²) in [7, 11) is 0. The van der Waals surface area contributed by atoms with Gasteiger partial charge in [0, 0.05) is 12.4 Å². The molecule has 1 saturated carbocycles. The van der Waals surface area contributed by atoms with Gasteiger partial charge in [-0.15, -0.1) is 0 Å². The van der Waals surface area contributed by atoms with E-state index in [9.17, 15) is 0 Å². The summed E-state index contributed by atoms with van der Waals surface area (Å²) in [5.41, 5.74) is 4.16. The third-order valence-electron chi connectivity index (χ3n) is 3.34. The summed E-state index contributed by atoms with van der Waals surface area (Å²) in [6, 6.07) is 4.35. The van der Waals surface area contributed by atoms with Gasteiger partial charge in [-0.3, -0.25) is 16.3 Å². The molecular weight excluding hydrogens is 186 g/mol. The first-order chi connectivity index (χ1) is 7.42. The lowest BCUT2D eigenvalue weighted by atomic mass is 9.82. The van der Waals surface area contributed by atoms with E-state index < -0.39 is 0 Å². The number of hydrogen-bond donors (Lipinski definition) is 2. The van der Waals surface area contributed by atoms with E-state index in [4.69, 9.17) is 5.84 Å². The Morgan fingerprint density at radius 3 is 2.73 bits per heavy atom. The summed E-state index contributed by atoms with van der Waals surface area (Å²) in [4.78, 5) is 4.15. The summed E-state index contributed by atoms with van der Waals surface area (Å²) in [5.74, 6) is 6.33. The molecule has 0 radical (unpaired) electrons. The van der Waals surface area contributed by atoms with E-state index in [1.165, 1.54) is 37.7 Å². The van der Waals surface area contributed by atoms with Crippen LogP contribution in [-0.4, -0.2) is 4.98 Å². The van der Waals surface area contributed by atoms with E-state index >= 15 is 0 Å². The largest absolute Gasteiger partial charge is 0.271 e. The molecule has 1 heterocycles. The second-order valence-corrected chi connectivity index (χ2v) is 4.33. The van der Waals surface area contributed by atoms with Crippen molar-refractivity contribution in [2.45, 2.75) is 38.1 Å². The Morgan fingerprint density at radius 1 is 1.33 bits per heavy atom. The van der Waals surface area contributed by atoms with Gasteiger partial charge in [0.25, 0.3) is 0 Å². The van der Waals surface area contributed by atoms with E-state index in [0.29, 0.717) is 5.92 Å². The first-order valence-electron chi connectivity index (χ1n) is 5.78. The van der Waals surface area contributed by atoms with E-state index in [1.807, 2.05) is 12.3 Å². The Labute approximate surface area is 91.1 Å². The Bertz CT molecular complexity index is 280. The van der Waals surface area contributed by atoms with E-state index in [1.54, 1.807) is 6.20 Å². The van der Waals surface area contributed by atoms with Crippen molar-refractivity contribution < 1.29 is 0 Å². The molecule has 2 rings (SSSR count). The van der Waals surface area contributed by atoms with Gasteiger partial charge in [0.2, 0.25) is 0 Å². The van der Waals surface area contributed by atoms with Crippen molar-refractivity contribution in [1.29, 1.82) is 0 Å². The van der Waals surface area contributed by atoms with Gasteiger partial charge in [0.15, 0.2) is 0 Å². The first kappa shape index (κ1) is 10.6. The van der Waals surface area contributed by atoms with Gasteiger partial charge in [0.05, 0.1) is 6.04 Å². The highest BCUT2D eigenvalue weighted by atomic mass is 15.2. The zero-order valence-corrected chi connectivity index (χ0v) is 9.02. The molecule has 1 aromatic heterocycles. The highest BCUT2D eigenvalue weighted by Crippen LogP contribution is 2.33. The van der Waals surface area contributed by atoms with Gasteiger partial charge in [-0.05, 0) is 30.4 Å². The van der Waals surface area contributed by atoms with Crippen LogP contribution >= 0.6 is 0 Å². The van der Waals surface area contributed by atoms with Crippen molar-refractivity contribution in [3.63, 3.8) is 0 Å². The van der Waals surface area contributed by atoms with E-state index in [-0.39, 0.29) is 6.04 Å². The molecule has 0 amide bonds. The van der Waals surface area contributed by atoms with Gasteiger partial charge in [-0.25, -0.2) is 0 Å². The normalized spacial score (nSPS) is 20.1. The lowest BCUT2D eigenvalue weighted by Crippen LogP contribution is -2.34. The van der Waals surface area contributed by atoms with Gasteiger partial charge in [0.1, 0.15) is 0 Å². The smallest absolute Gasteiger partial charge is 0.0503 e. The van der Waals surface area contributed by atoms with E-state index in [0.717, 1.165) is 0 Å². The van der Waals surface area contributed by atoms with Gasteiger partial charge in [-0.1, -0.05) is 25.3 Å². The standard InChI is InChI=1S/C12H19N3/c13-15-12(10-5-2-1-3-6-10)11-7-4-8-14-9-11/h4,7-10,12,15H,1-3,5-6,13H2. The molecule has 0 spiro atoms. The number of aromatic nitrogens is 1. The van der Waals surface area contributed by atoms with E-state index in [2.05, 4.69) is 16.5 Å². The highest BCUT2D eigenvalue weighted by Gasteiger charge is 2.23. The van der Waals surface area contributed by atoms with Gasteiger partial charge in [-0.2, -0.15) is 0 Å². The van der Waals surface area contributed by atoms with Crippen LogP contribution in [0.25, 0.3) is 0 Å². The minimum atomic E-state index is 0.277. The quantitative estimate of drug-likeness (QED) is 0.587. The molecule has 3 heteroatoms. The predicted octanol–water partition coefficient (Wildman–Crippen LogP) is 2.17. The fourth-order valence-corrected chi connectivity index (χ4v) is 2.53. The van der Waals surface area contributed by atoms with Crippen molar-refractivity contribution in [2.75, 3.05) is 0 Å². The van der Waals surface area contributed by atoms with Gasteiger partial charge >= 0.3 is 0 Å². The molecule has 0 aromatic carbocycles. The molecule has 15 heavy (non-hydrogen) atoms. The number of nitrogens with zero attached hydrogens (tertiary/aromatic N) is 1. The molecular formula is C12H19N3. The summed E-state index contributed by atoms with van der Waals surface area (Å²) in [6.45, 7) is 0. The van der Waals surface area contributed by atoms with Crippen molar-refractivity contribution in [3.8, 4) is 0 Å². The Hall–Kier alpha value is -0.930. The molecule has 3 N–H and O–H groups in total. The van der Waals surface area contributed by atoms with Crippen LogP contribution in [0.1, 0.15) is 43.7 Å². The van der Waals surface area contributed by atoms with Crippen LogP contribution < -0.4 is 11.3 Å². The van der Waals surface area contributed by atoms with Crippen LogP contribution in [0.4, 0.5) is 0 Å². The molecule has 1 aromatic rings. The van der Waals surface area contributed by atoms with Crippen LogP contribution in [-0.2, 0) is 0 Å². The lowest BCUT2D eigenvalue weighted by molar-refractivity contribution is 0.273. The first-order valence-corrected chi connectivity index (χ1v) is 5.78. The summed E-state index contributed by atoms with van der Waals surface area (Å²) in [6.07, 6.45) is 10.3. The molecule has 3 nitrogen and oxygen atoms in total. The van der Waals surface area contributed by atoms with Gasteiger partial charge < -0.3 is 0 Å². The Kier molecular flexibility index (Phi) is 3.69. The summed E-state index contributed by atoms with van der Waals surface area (Å²) >= 11 is 0. The number of nitrogens with two attached hydrogens (primary N) is 1. The second-order valence-electron chi connectivity index (χ2n) is 4.33. The third-order valence-corrected chi connectivity index (χ3v) is 3.34. The van der Waals surface area contributed by atoms with Crippen molar-refractivity contribution in [3.05, 3.63) is 30.1 Å². The molecule has 1 fully saturated rings. The molecule has 0 aliphatic heterocycles. The maximum atomic E-state index is 5.66. The molecule has 1 aliphatic carbocycles. The number of hydrazine groups is 1. The van der Waals surface area contributed by atoms with Crippen molar-refractivity contribution >= 4 is 0 Å². The fraction of sp³-hybridized carbons (Fsp3) is 0.583. The van der Waals surface area contributed by atoms with Crippen molar-refractivity contribution in [2.24, 2.45) is 11.8 Å². The highest BCUT2D eigenvalue weighted by molar-refractivity contribution is 5.14. The topological polar surface area (TPSA) is 50.9 Å². The second kappa shape index (κ2) is 5.24. The maximum Gasteiger partial charge on any atom is 0.0503 e. The summed E-state index contributed by atoms with van der Waals surface area (Å²) in [5, 5.41) is 0. The minimum Gasteiger partial charge on any atom is -0.271 e. The van der Waals surface area contributed by atoms with Crippen LogP contribution in [0, 0.1) is 5.92 Å². The third kappa shape index (κ3) is 2.55. The molecule has 0 bridgehead atoms. The lowest BCUT2D eigenvalue weighted by Gasteiger charge is -2.29. The molecule has 1 unspecified atom stereocenters. The summed E-state index contributed by atoms with van der Waals surface area (Å²) < 4.78 is 0. The molecule has 1 atom stereocenters.